The second kappa shape index (κ2) is 6.62. The number of aromatic nitrogens is 3. The summed E-state index contributed by atoms with van der Waals surface area (Å²) in [6.07, 6.45) is 3.96. The molecule has 22 heavy (non-hydrogen) atoms. The molecule has 0 bridgehead atoms. The molecule has 6 nitrogen and oxygen atoms in total. The minimum atomic E-state index is 0.244. The summed E-state index contributed by atoms with van der Waals surface area (Å²) in [5.41, 5.74) is 1.99. The number of β-amino-alcohol motifs (C(OH)–C–C–N with tert-alkyl or cyclic N) is 1. The summed E-state index contributed by atoms with van der Waals surface area (Å²) in [6, 6.07) is 4.51. The van der Waals surface area contributed by atoms with Gasteiger partial charge in [-0.3, -0.25) is 0 Å². The summed E-state index contributed by atoms with van der Waals surface area (Å²) < 4.78 is 1.88. The first-order chi connectivity index (χ1) is 10.7. The lowest BCUT2D eigenvalue weighted by Gasteiger charge is -2.32. The van der Waals surface area contributed by atoms with Gasteiger partial charge in [0, 0.05) is 43.5 Å². The third-order valence-electron chi connectivity index (χ3n) is 4.33. The lowest BCUT2D eigenvalue weighted by atomic mass is 10.0. The van der Waals surface area contributed by atoms with Gasteiger partial charge in [0.15, 0.2) is 5.65 Å². The molecule has 2 aromatic heterocycles. The Hall–Kier alpha value is -1.66. The fraction of sp³-hybridized carbons (Fsp3) is 0.625. The van der Waals surface area contributed by atoms with Gasteiger partial charge in [0.1, 0.15) is 5.82 Å². The Morgan fingerprint density at radius 3 is 2.82 bits per heavy atom. The van der Waals surface area contributed by atoms with Crippen molar-refractivity contribution in [1.82, 2.24) is 19.5 Å². The fourth-order valence-electron chi connectivity index (χ4n) is 2.98. The number of nitrogens with one attached hydrogen (secondary N) is 1. The quantitative estimate of drug-likeness (QED) is 0.880. The Bertz CT molecular complexity index is 616. The zero-order chi connectivity index (χ0) is 15.5. The Morgan fingerprint density at radius 2 is 2.14 bits per heavy atom. The van der Waals surface area contributed by atoms with Crippen molar-refractivity contribution < 1.29 is 5.11 Å². The Balaban J connectivity index is 1.75. The maximum atomic E-state index is 9.02. The van der Waals surface area contributed by atoms with E-state index in [0.717, 1.165) is 49.6 Å². The Labute approximate surface area is 131 Å². The lowest BCUT2D eigenvalue weighted by Crippen LogP contribution is -2.40. The Morgan fingerprint density at radius 1 is 1.36 bits per heavy atom. The highest BCUT2D eigenvalue weighted by Crippen LogP contribution is 2.21. The Kier molecular flexibility index (Phi) is 4.59. The molecule has 0 saturated carbocycles. The molecule has 0 aromatic carbocycles. The van der Waals surface area contributed by atoms with Crippen LogP contribution in [0.5, 0.6) is 0 Å². The fourth-order valence-corrected chi connectivity index (χ4v) is 2.98. The van der Waals surface area contributed by atoms with Gasteiger partial charge in [0.2, 0.25) is 0 Å². The van der Waals surface area contributed by atoms with Crippen LogP contribution in [0.3, 0.4) is 0 Å². The van der Waals surface area contributed by atoms with E-state index in [1.54, 1.807) is 6.20 Å². The number of hydrogen-bond acceptors (Lipinski definition) is 5. The smallest absolute Gasteiger partial charge is 0.157 e. The average Bonchev–Trinajstić information content (AvgIpc) is 2.98. The number of nitrogens with zero attached hydrogens (tertiary/aromatic N) is 4. The molecule has 0 atom stereocenters. The van der Waals surface area contributed by atoms with Crippen molar-refractivity contribution in [2.45, 2.75) is 38.6 Å². The van der Waals surface area contributed by atoms with Crippen molar-refractivity contribution in [2.75, 3.05) is 31.6 Å². The third-order valence-corrected chi connectivity index (χ3v) is 4.33. The molecular weight excluding hydrogens is 278 g/mol. The van der Waals surface area contributed by atoms with E-state index >= 15 is 0 Å². The molecule has 1 fully saturated rings. The molecule has 3 rings (SSSR count). The highest BCUT2D eigenvalue weighted by atomic mass is 16.3. The van der Waals surface area contributed by atoms with E-state index in [1.807, 2.05) is 10.6 Å². The first-order valence-corrected chi connectivity index (χ1v) is 8.12. The van der Waals surface area contributed by atoms with Gasteiger partial charge < -0.3 is 15.3 Å². The van der Waals surface area contributed by atoms with Gasteiger partial charge in [0.25, 0.3) is 0 Å². The number of rotatable bonds is 5. The van der Waals surface area contributed by atoms with E-state index < -0.39 is 0 Å². The van der Waals surface area contributed by atoms with Crippen LogP contribution in [-0.4, -0.2) is 56.9 Å². The zero-order valence-corrected chi connectivity index (χ0v) is 13.4. The highest BCUT2D eigenvalue weighted by molar-refractivity contribution is 5.50. The van der Waals surface area contributed by atoms with Gasteiger partial charge in [-0.25, -0.2) is 4.98 Å². The predicted molar refractivity (Wildman–Crippen MR) is 87.2 cm³/mol. The maximum absolute atomic E-state index is 9.02. The molecule has 0 amide bonds. The van der Waals surface area contributed by atoms with Crippen LogP contribution >= 0.6 is 0 Å². The van der Waals surface area contributed by atoms with Gasteiger partial charge in [-0.05, 0) is 18.8 Å². The second-order valence-corrected chi connectivity index (χ2v) is 6.31. The molecular formula is C16H25N5O. The summed E-state index contributed by atoms with van der Waals surface area (Å²) in [7, 11) is 0. The van der Waals surface area contributed by atoms with E-state index in [9.17, 15) is 0 Å². The van der Waals surface area contributed by atoms with Crippen LogP contribution in [0.4, 0.5) is 5.82 Å². The predicted octanol–water partition coefficient (Wildman–Crippen LogP) is 1.72. The molecule has 1 aliphatic heterocycles. The summed E-state index contributed by atoms with van der Waals surface area (Å²) in [6.45, 7) is 7.40. The number of hydrogen-bond donors (Lipinski definition) is 2. The molecule has 2 aromatic rings. The molecule has 1 saturated heterocycles. The first-order valence-electron chi connectivity index (χ1n) is 8.12. The molecule has 0 aliphatic carbocycles. The van der Waals surface area contributed by atoms with Crippen molar-refractivity contribution in [3.05, 3.63) is 24.0 Å². The van der Waals surface area contributed by atoms with Crippen molar-refractivity contribution in [3.8, 4) is 0 Å². The average molecular weight is 303 g/mol. The summed E-state index contributed by atoms with van der Waals surface area (Å²) in [4.78, 5) is 6.96. The monoisotopic (exact) mass is 303 g/mol. The highest BCUT2D eigenvalue weighted by Gasteiger charge is 2.20. The summed E-state index contributed by atoms with van der Waals surface area (Å²) in [5.74, 6) is 1.42. The SMILES string of the molecule is CC(C)c1cc(NC2CCN(CCO)CC2)n2nccc2n1. The molecule has 0 unspecified atom stereocenters. The molecule has 6 heteroatoms. The normalized spacial score (nSPS) is 17.5. The largest absolute Gasteiger partial charge is 0.395 e. The minimum absolute atomic E-state index is 0.244. The van der Waals surface area contributed by atoms with Crippen molar-refractivity contribution in [1.29, 1.82) is 0 Å². The van der Waals surface area contributed by atoms with E-state index in [1.165, 1.54) is 0 Å². The first kappa shape index (κ1) is 15.2. The molecule has 1 aliphatic rings. The van der Waals surface area contributed by atoms with E-state index in [0.29, 0.717) is 12.0 Å². The van der Waals surface area contributed by atoms with Crippen molar-refractivity contribution >= 4 is 11.5 Å². The van der Waals surface area contributed by atoms with Gasteiger partial charge in [-0.15, -0.1) is 0 Å². The molecule has 3 heterocycles. The number of aliphatic hydroxyl groups excluding tert-OH is 1. The van der Waals surface area contributed by atoms with Crippen LogP contribution in [0, 0.1) is 0 Å². The standard InChI is InChI=1S/C16H25N5O/c1-12(2)14-11-16(21-15(19-14)3-6-17-21)18-13-4-7-20(8-5-13)9-10-22/h3,6,11-13,18,22H,4-5,7-10H2,1-2H3. The van der Waals surface area contributed by atoms with Crippen LogP contribution in [0.2, 0.25) is 0 Å². The molecule has 0 radical (unpaired) electrons. The molecule has 120 valence electrons. The number of fused-ring (bicyclic) bond motifs is 1. The summed E-state index contributed by atoms with van der Waals surface area (Å²) >= 11 is 0. The van der Waals surface area contributed by atoms with Crippen molar-refractivity contribution in [2.24, 2.45) is 0 Å². The minimum Gasteiger partial charge on any atom is -0.395 e. The van der Waals surface area contributed by atoms with Gasteiger partial charge in [-0.2, -0.15) is 9.61 Å². The van der Waals surface area contributed by atoms with Crippen LogP contribution in [-0.2, 0) is 0 Å². The van der Waals surface area contributed by atoms with Crippen LogP contribution < -0.4 is 5.32 Å². The molecule has 2 N–H and O–H groups in total. The number of aliphatic hydroxyl groups is 1. The van der Waals surface area contributed by atoms with Gasteiger partial charge in [-0.1, -0.05) is 13.8 Å². The van der Waals surface area contributed by atoms with Crippen LogP contribution in [0.1, 0.15) is 38.3 Å². The topological polar surface area (TPSA) is 65.7 Å². The lowest BCUT2D eigenvalue weighted by molar-refractivity contribution is 0.168. The van der Waals surface area contributed by atoms with Crippen LogP contribution in [0.25, 0.3) is 5.65 Å². The summed E-state index contributed by atoms with van der Waals surface area (Å²) in [5, 5.41) is 17.0. The van der Waals surface area contributed by atoms with E-state index in [-0.39, 0.29) is 6.61 Å². The number of anilines is 1. The van der Waals surface area contributed by atoms with Crippen LogP contribution in [0.15, 0.2) is 18.3 Å². The van der Waals surface area contributed by atoms with E-state index in [2.05, 4.69) is 40.2 Å². The van der Waals surface area contributed by atoms with Crippen molar-refractivity contribution in [3.63, 3.8) is 0 Å². The maximum Gasteiger partial charge on any atom is 0.157 e. The second-order valence-electron chi connectivity index (χ2n) is 6.31. The molecule has 0 spiro atoms. The third kappa shape index (κ3) is 3.23. The van der Waals surface area contributed by atoms with E-state index in [4.69, 9.17) is 5.11 Å². The number of piperidine rings is 1. The zero-order valence-electron chi connectivity index (χ0n) is 13.4. The van der Waals surface area contributed by atoms with Gasteiger partial charge >= 0.3 is 0 Å². The number of likely N-dealkylation sites (tertiary alicyclic amines) is 1. The van der Waals surface area contributed by atoms with Gasteiger partial charge in [0.05, 0.1) is 12.8 Å².